The Bertz CT molecular complexity index is 624. The second-order valence-corrected chi connectivity index (χ2v) is 3.92. The number of rotatable bonds is 4. The van der Waals surface area contributed by atoms with Crippen molar-refractivity contribution >= 4 is 17.9 Å². The highest BCUT2D eigenvalue weighted by atomic mass is 16.5. The minimum absolute atomic E-state index is 0.366. The molecule has 0 radical (unpaired) electrons. The smallest absolute Gasteiger partial charge is 0.341 e. The van der Waals surface area contributed by atoms with Crippen LogP contribution >= 0.6 is 0 Å². The highest BCUT2D eigenvalue weighted by Crippen LogP contribution is 2.20. The summed E-state index contributed by atoms with van der Waals surface area (Å²) in [5.41, 5.74) is 1.88. The van der Waals surface area contributed by atoms with E-state index in [-0.39, 0.29) is 0 Å². The molecule has 0 atom stereocenters. The number of pyridine rings is 1. The summed E-state index contributed by atoms with van der Waals surface area (Å²) in [4.78, 5) is 19.9. The van der Waals surface area contributed by atoms with Crippen molar-refractivity contribution in [1.29, 1.82) is 0 Å². The van der Waals surface area contributed by atoms with Crippen LogP contribution in [-0.4, -0.2) is 31.4 Å². The zero-order valence-electron chi connectivity index (χ0n) is 11.2. The van der Waals surface area contributed by atoms with E-state index in [1.165, 1.54) is 14.2 Å². The third-order valence-electron chi connectivity index (χ3n) is 2.64. The Hall–Kier alpha value is -2.69. The van der Waals surface area contributed by atoms with Gasteiger partial charge >= 0.3 is 5.97 Å². The Morgan fingerprint density at radius 2 is 2.15 bits per heavy atom. The molecule has 0 saturated carbocycles. The quantitative estimate of drug-likeness (QED) is 0.633. The Labute approximate surface area is 116 Å². The van der Waals surface area contributed by atoms with Crippen molar-refractivity contribution in [3.05, 3.63) is 53.9 Å². The Balaban J connectivity index is 2.29. The highest BCUT2D eigenvalue weighted by Gasteiger charge is 2.12. The van der Waals surface area contributed by atoms with Crippen LogP contribution in [0.4, 0.5) is 5.69 Å². The van der Waals surface area contributed by atoms with Crippen LogP contribution in [0.2, 0.25) is 0 Å². The SMILES string of the molecule is COC(=O)c1cc(C=Nc2cccnc2)ccc1OC. The molecule has 0 N–H and O–H groups in total. The number of nitrogens with zero attached hydrogens (tertiary/aromatic N) is 2. The van der Waals surface area contributed by atoms with Crippen molar-refractivity contribution in [3.8, 4) is 5.75 Å². The topological polar surface area (TPSA) is 60.8 Å². The molecular weight excluding hydrogens is 256 g/mol. The van der Waals surface area contributed by atoms with Crippen LogP contribution in [0.5, 0.6) is 5.75 Å². The molecule has 0 amide bonds. The van der Waals surface area contributed by atoms with Crippen LogP contribution in [0.25, 0.3) is 0 Å². The summed E-state index contributed by atoms with van der Waals surface area (Å²) in [6.45, 7) is 0. The largest absolute Gasteiger partial charge is 0.496 e. The van der Waals surface area contributed by atoms with E-state index in [1.54, 1.807) is 36.8 Å². The third-order valence-corrected chi connectivity index (χ3v) is 2.64. The first-order valence-corrected chi connectivity index (χ1v) is 5.95. The van der Waals surface area contributed by atoms with Crippen LogP contribution in [0.1, 0.15) is 15.9 Å². The number of benzene rings is 1. The van der Waals surface area contributed by atoms with E-state index >= 15 is 0 Å². The van der Waals surface area contributed by atoms with Crippen LogP contribution in [0.3, 0.4) is 0 Å². The normalized spacial score (nSPS) is 10.5. The van der Waals surface area contributed by atoms with E-state index in [0.29, 0.717) is 11.3 Å². The van der Waals surface area contributed by atoms with Gasteiger partial charge in [0.25, 0.3) is 0 Å². The molecule has 0 aliphatic rings. The van der Waals surface area contributed by atoms with Gasteiger partial charge in [-0.1, -0.05) is 0 Å². The maximum Gasteiger partial charge on any atom is 0.341 e. The molecule has 2 aromatic rings. The lowest BCUT2D eigenvalue weighted by Crippen LogP contribution is -2.04. The van der Waals surface area contributed by atoms with Crippen molar-refractivity contribution in [2.24, 2.45) is 4.99 Å². The standard InChI is InChI=1S/C15H14N2O3/c1-19-14-6-5-11(8-13(14)15(18)20-2)9-17-12-4-3-7-16-10-12/h3-10H,1-2H3. The summed E-state index contributed by atoms with van der Waals surface area (Å²) in [6, 6.07) is 8.83. The van der Waals surface area contributed by atoms with Crippen molar-refractivity contribution in [2.75, 3.05) is 14.2 Å². The van der Waals surface area contributed by atoms with E-state index < -0.39 is 5.97 Å². The van der Waals surface area contributed by atoms with Gasteiger partial charge in [0.1, 0.15) is 11.3 Å². The second-order valence-electron chi connectivity index (χ2n) is 3.92. The first-order valence-electron chi connectivity index (χ1n) is 5.95. The molecule has 0 unspecified atom stereocenters. The Kier molecular flexibility index (Phi) is 4.44. The fraction of sp³-hybridized carbons (Fsp3) is 0.133. The molecule has 0 aliphatic heterocycles. The lowest BCUT2D eigenvalue weighted by molar-refractivity contribution is 0.0597. The minimum Gasteiger partial charge on any atom is -0.496 e. The highest BCUT2D eigenvalue weighted by molar-refractivity contribution is 5.95. The molecule has 0 aliphatic carbocycles. The summed E-state index contributed by atoms with van der Waals surface area (Å²) in [7, 11) is 2.84. The van der Waals surface area contributed by atoms with Gasteiger partial charge in [0, 0.05) is 12.4 Å². The number of hydrogen-bond donors (Lipinski definition) is 0. The molecule has 1 aromatic carbocycles. The summed E-state index contributed by atoms with van der Waals surface area (Å²) < 4.78 is 9.85. The molecular formula is C15H14N2O3. The monoisotopic (exact) mass is 270 g/mol. The minimum atomic E-state index is -0.446. The fourth-order valence-electron chi connectivity index (χ4n) is 1.65. The van der Waals surface area contributed by atoms with Gasteiger partial charge in [0.05, 0.1) is 26.1 Å². The molecule has 1 aromatic heterocycles. The second kappa shape index (κ2) is 6.47. The van der Waals surface area contributed by atoms with Crippen molar-refractivity contribution in [3.63, 3.8) is 0 Å². The van der Waals surface area contributed by atoms with Gasteiger partial charge in [-0.05, 0) is 35.9 Å². The molecule has 0 fully saturated rings. The van der Waals surface area contributed by atoms with E-state index in [2.05, 4.69) is 9.98 Å². The maximum atomic E-state index is 11.7. The molecule has 1 heterocycles. The lowest BCUT2D eigenvalue weighted by atomic mass is 10.1. The number of hydrogen-bond acceptors (Lipinski definition) is 5. The number of methoxy groups -OCH3 is 2. The number of carbonyl (C=O) groups is 1. The van der Waals surface area contributed by atoms with E-state index in [0.717, 1.165) is 11.3 Å². The van der Waals surface area contributed by atoms with Crippen molar-refractivity contribution in [1.82, 2.24) is 4.98 Å². The van der Waals surface area contributed by atoms with Crippen molar-refractivity contribution in [2.45, 2.75) is 0 Å². The molecule has 2 rings (SSSR count). The third kappa shape index (κ3) is 3.20. The Morgan fingerprint density at radius 3 is 2.80 bits per heavy atom. The van der Waals surface area contributed by atoms with Crippen LogP contribution in [0.15, 0.2) is 47.7 Å². The molecule has 0 saturated heterocycles. The van der Waals surface area contributed by atoms with Crippen molar-refractivity contribution < 1.29 is 14.3 Å². The van der Waals surface area contributed by atoms with Crippen LogP contribution in [-0.2, 0) is 4.74 Å². The number of esters is 1. The van der Waals surface area contributed by atoms with E-state index in [4.69, 9.17) is 9.47 Å². The number of aromatic nitrogens is 1. The predicted octanol–water partition coefficient (Wildman–Crippen LogP) is 2.63. The summed E-state index contributed by atoms with van der Waals surface area (Å²) >= 11 is 0. The summed E-state index contributed by atoms with van der Waals surface area (Å²) in [5.74, 6) is 0.0221. The average molecular weight is 270 g/mol. The van der Waals surface area contributed by atoms with Gasteiger partial charge in [-0.3, -0.25) is 9.98 Å². The lowest BCUT2D eigenvalue weighted by Gasteiger charge is -2.07. The molecule has 0 bridgehead atoms. The summed E-state index contributed by atoms with van der Waals surface area (Å²) in [5, 5.41) is 0. The maximum absolute atomic E-state index is 11.7. The van der Waals surface area contributed by atoms with Crippen LogP contribution < -0.4 is 4.74 Å². The first-order chi connectivity index (χ1) is 9.74. The fourth-order valence-corrected chi connectivity index (χ4v) is 1.65. The van der Waals surface area contributed by atoms with E-state index in [1.807, 2.05) is 12.1 Å². The Morgan fingerprint density at radius 1 is 1.30 bits per heavy atom. The number of carbonyl (C=O) groups excluding carboxylic acids is 1. The molecule has 0 spiro atoms. The summed E-state index contributed by atoms with van der Waals surface area (Å²) in [6.07, 6.45) is 4.99. The zero-order valence-corrected chi connectivity index (χ0v) is 11.2. The van der Waals surface area contributed by atoms with Gasteiger partial charge in [0.15, 0.2) is 0 Å². The van der Waals surface area contributed by atoms with Crippen LogP contribution in [0, 0.1) is 0 Å². The van der Waals surface area contributed by atoms with Gasteiger partial charge in [-0.2, -0.15) is 0 Å². The first kappa shape index (κ1) is 13.7. The van der Waals surface area contributed by atoms with Gasteiger partial charge in [-0.15, -0.1) is 0 Å². The average Bonchev–Trinajstić information content (AvgIpc) is 2.52. The molecule has 5 nitrogen and oxygen atoms in total. The zero-order chi connectivity index (χ0) is 14.4. The molecule has 5 heteroatoms. The van der Waals surface area contributed by atoms with Gasteiger partial charge in [0.2, 0.25) is 0 Å². The number of aliphatic imine (C=N–C) groups is 1. The number of ether oxygens (including phenoxy) is 2. The molecule has 20 heavy (non-hydrogen) atoms. The predicted molar refractivity (Wildman–Crippen MR) is 75.8 cm³/mol. The van der Waals surface area contributed by atoms with E-state index in [9.17, 15) is 4.79 Å². The molecule has 102 valence electrons. The van der Waals surface area contributed by atoms with Gasteiger partial charge in [-0.25, -0.2) is 4.79 Å². The van der Waals surface area contributed by atoms with Gasteiger partial charge < -0.3 is 9.47 Å².